The number of ether oxygens (including phenoxy) is 3. The number of fused-ring (bicyclic) bond motifs is 1. The van der Waals surface area contributed by atoms with Gasteiger partial charge in [-0.1, -0.05) is 23.7 Å². The zero-order valence-corrected chi connectivity index (χ0v) is 23.9. The molecule has 2 atom stereocenters. The number of likely N-dealkylation sites (tertiary alicyclic amines) is 1. The van der Waals surface area contributed by atoms with Crippen molar-refractivity contribution in [1.29, 1.82) is 0 Å². The summed E-state index contributed by atoms with van der Waals surface area (Å²) in [5, 5.41) is 9.41. The Labute approximate surface area is 243 Å². The summed E-state index contributed by atoms with van der Waals surface area (Å²) in [6.45, 7) is 7.59. The molecule has 3 aromatic rings. The topological polar surface area (TPSA) is 86.0 Å². The van der Waals surface area contributed by atoms with Crippen molar-refractivity contribution >= 4 is 23.6 Å². The number of carbonyl (C=O) groups is 1. The fraction of sp³-hybridized carbons (Fsp3) is 0.419. The van der Waals surface area contributed by atoms with Crippen LogP contribution in [0.4, 0.5) is 4.39 Å². The van der Waals surface area contributed by atoms with Gasteiger partial charge in [-0.3, -0.25) is 4.90 Å². The summed E-state index contributed by atoms with van der Waals surface area (Å²) in [5.74, 6) is -0.281. The third-order valence-electron chi connectivity index (χ3n) is 8.32. The zero-order chi connectivity index (χ0) is 28.7. The van der Waals surface area contributed by atoms with E-state index in [9.17, 15) is 9.18 Å². The van der Waals surface area contributed by atoms with Crippen LogP contribution < -0.4 is 9.47 Å². The van der Waals surface area contributed by atoms with Crippen molar-refractivity contribution in [2.45, 2.75) is 64.0 Å². The maximum Gasteiger partial charge on any atom is 0.328 e. The van der Waals surface area contributed by atoms with Crippen molar-refractivity contribution in [1.82, 2.24) is 14.5 Å². The number of rotatable bonds is 8. The molecule has 2 saturated heterocycles. The number of nitrogens with zero attached hydrogens (tertiary/aromatic N) is 3. The van der Waals surface area contributed by atoms with Crippen LogP contribution in [0.5, 0.6) is 11.5 Å². The lowest BCUT2D eigenvalue weighted by atomic mass is 9.88. The van der Waals surface area contributed by atoms with Gasteiger partial charge in [-0.15, -0.1) is 0 Å². The van der Waals surface area contributed by atoms with E-state index in [2.05, 4.69) is 15.5 Å². The highest BCUT2D eigenvalue weighted by molar-refractivity contribution is 6.30. The lowest BCUT2D eigenvalue weighted by molar-refractivity contribution is -0.131. The smallest absolute Gasteiger partial charge is 0.328 e. The molecule has 2 unspecified atom stereocenters. The first-order valence-electron chi connectivity index (χ1n) is 14.0. The van der Waals surface area contributed by atoms with Crippen molar-refractivity contribution in [3.05, 3.63) is 81.7 Å². The summed E-state index contributed by atoms with van der Waals surface area (Å²) in [4.78, 5) is 18.3. The molecular formula is C31H33ClFN3O5. The number of aliphatic carboxylic acids is 1. The Bertz CT molecular complexity index is 1500. The number of hydrogen-bond donors (Lipinski definition) is 1. The predicted octanol–water partition coefficient (Wildman–Crippen LogP) is 5.89. The van der Waals surface area contributed by atoms with Crippen LogP contribution in [-0.4, -0.2) is 51.3 Å². The van der Waals surface area contributed by atoms with Crippen LogP contribution in [0.15, 0.2) is 42.5 Å². The number of carboxylic acids is 1. The zero-order valence-electron chi connectivity index (χ0n) is 23.1. The van der Waals surface area contributed by atoms with Crippen molar-refractivity contribution in [3.63, 3.8) is 0 Å². The number of benzene rings is 2. The van der Waals surface area contributed by atoms with Crippen LogP contribution in [0.2, 0.25) is 5.02 Å². The molecule has 0 saturated carbocycles. The summed E-state index contributed by atoms with van der Waals surface area (Å²) in [6, 6.07) is 10.4. The van der Waals surface area contributed by atoms with Gasteiger partial charge >= 0.3 is 5.97 Å². The molecule has 0 spiro atoms. The Morgan fingerprint density at radius 3 is 2.68 bits per heavy atom. The van der Waals surface area contributed by atoms with Crippen molar-refractivity contribution in [3.8, 4) is 11.5 Å². The predicted molar refractivity (Wildman–Crippen MR) is 152 cm³/mol. The fourth-order valence-electron chi connectivity index (χ4n) is 5.95. The molecule has 0 amide bonds. The van der Waals surface area contributed by atoms with Crippen molar-refractivity contribution < 1.29 is 28.5 Å². The van der Waals surface area contributed by atoms with Crippen LogP contribution in [-0.2, 0) is 28.4 Å². The van der Waals surface area contributed by atoms with Crippen molar-refractivity contribution in [2.24, 2.45) is 0 Å². The molecule has 0 radical (unpaired) electrons. The van der Waals surface area contributed by atoms with Crippen LogP contribution in [0.25, 0.3) is 6.08 Å². The van der Waals surface area contributed by atoms with E-state index in [1.54, 1.807) is 25.1 Å². The summed E-state index contributed by atoms with van der Waals surface area (Å²) >= 11 is 5.96. The largest absolute Gasteiger partial charge is 0.478 e. The van der Waals surface area contributed by atoms with Gasteiger partial charge < -0.3 is 23.9 Å². The number of imidazole rings is 1. The Morgan fingerprint density at radius 1 is 1.22 bits per heavy atom. The molecule has 2 aromatic carbocycles. The van der Waals surface area contributed by atoms with Gasteiger partial charge in [-0.2, -0.15) is 0 Å². The van der Waals surface area contributed by atoms with Crippen LogP contribution >= 0.6 is 11.6 Å². The second-order valence-electron chi connectivity index (χ2n) is 11.1. The van der Waals surface area contributed by atoms with E-state index in [0.717, 1.165) is 62.1 Å². The second kappa shape index (κ2) is 11.1. The third kappa shape index (κ3) is 5.58. The first-order chi connectivity index (χ1) is 19.7. The maximum atomic E-state index is 14.8. The molecule has 1 aromatic heterocycles. The first-order valence-corrected chi connectivity index (χ1v) is 14.4. The van der Waals surface area contributed by atoms with Gasteiger partial charge in [0.1, 0.15) is 11.6 Å². The molecule has 10 heteroatoms. The normalized spacial score (nSPS) is 22.8. The molecule has 41 heavy (non-hydrogen) atoms. The average molecular weight is 582 g/mol. The molecule has 3 aliphatic heterocycles. The standard InChI is InChI=1S/C31H33ClFN3O5/c1-19-26(8-9-29(37)38)34-28(36(19)17-22-12-15-39-22)18-35-13-10-20(11-14-35)23-4-3-5-27-30(23)41-31(2,40-27)24-7-6-21(32)16-25(24)33/h3-9,16,20,22H,10-15,17-18H2,1-2H3,(H,37,38)/b9-8+. The van der Waals surface area contributed by atoms with Crippen molar-refractivity contribution in [2.75, 3.05) is 19.7 Å². The summed E-state index contributed by atoms with van der Waals surface area (Å²) < 4.78 is 35.1. The van der Waals surface area contributed by atoms with E-state index in [1.807, 2.05) is 19.1 Å². The Balaban J connectivity index is 1.16. The summed E-state index contributed by atoms with van der Waals surface area (Å²) in [7, 11) is 0. The number of carboxylic acid groups (broad SMARTS) is 1. The molecule has 4 heterocycles. The van der Waals surface area contributed by atoms with E-state index in [-0.39, 0.29) is 12.0 Å². The lowest BCUT2D eigenvalue weighted by Crippen LogP contribution is -2.35. The van der Waals surface area contributed by atoms with Crippen LogP contribution in [0.3, 0.4) is 0 Å². The molecule has 2 fully saturated rings. The molecule has 8 nitrogen and oxygen atoms in total. The molecule has 1 N–H and O–H groups in total. The van der Waals surface area contributed by atoms with Gasteiger partial charge in [0, 0.05) is 35.9 Å². The van der Waals surface area contributed by atoms with Gasteiger partial charge in [-0.25, -0.2) is 14.2 Å². The number of aromatic nitrogens is 2. The van der Waals surface area contributed by atoms with Gasteiger partial charge in [0.2, 0.25) is 0 Å². The second-order valence-corrected chi connectivity index (χ2v) is 11.5. The minimum atomic E-state index is -1.28. The number of halogens is 2. The minimum Gasteiger partial charge on any atom is -0.478 e. The summed E-state index contributed by atoms with van der Waals surface area (Å²) in [6.07, 6.45) is 5.71. The Kier molecular flexibility index (Phi) is 7.52. The van der Waals surface area contributed by atoms with E-state index < -0.39 is 17.6 Å². The fourth-order valence-corrected chi connectivity index (χ4v) is 6.11. The van der Waals surface area contributed by atoms with E-state index in [4.69, 9.17) is 35.9 Å². The van der Waals surface area contributed by atoms with Crippen LogP contribution in [0.1, 0.15) is 60.4 Å². The first kappa shape index (κ1) is 27.8. The number of hydrogen-bond acceptors (Lipinski definition) is 6. The molecule has 6 rings (SSSR count). The summed E-state index contributed by atoms with van der Waals surface area (Å²) in [5.41, 5.74) is 2.99. The molecular weight excluding hydrogens is 549 g/mol. The lowest BCUT2D eigenvalue weighted by Gasteiger charge is -2.33. The van der Waals surface area contributed by atoms with E-state index in [1.165, 1.54) is 6.07 Å². The third-order valence-corrected chi connectivity index (χ3v) is 8.56. The van der Waals surface area contributed by atoms with E-state index in [0.29, 0.717) is 40.9 Å². The SMILES string of the molecule is Cc1c(/C=C/C(=O)O)nc(CN2CCC(c3cccc4c3OC(C)(c3ccc(Cl)cc3F)O4)CC2)n1CC1CCO1. The monoisotopic (exact) mass is 581 g/mol. The minimum absolute atomic E-state index is 0.165. The number of piperidine rings is 1. The van der Waals surface area contributed by atoms with Gasteiger partial charge in [0.05, 0.1) is 30.5 Å². The molecule has 0 bridgehead atoms. The van der Waals surface area contributed by atoms with Crippen LogP contribution in [0, 0.1) is 12.7 Å². The quantitative estimate of drug-likeness (QED) is 0.332. The molecule has 0 aliphatic carbocycles. The molecule has 216 valence electrons. The van der Waals surface area contributed by atoms with E-state index >= 15 is 0 Å². The van der Waals surface area contributed by atoms with Gasteiger partial charge in [0.15, 0.2) is 11.5 Å². The highest BCUT2D eigenvalue weighted by atomic mass is 35.5. The maximum absolute atomic E-state index is 14.8. The molecule has 3 aliphatic rings. The highest BCUT2D eigenvalue weighted by Gasteiger charge is 2.43. The Hall–Kier alpha value is -3.40. The Morgan fingerprint density at radius 2 is 2.00 bits per heavy atom. The highest BCUT2D eigenvalue weighted by Crippen LogP contribution is 2.49. The van der Waals surface area contributed by atoms with Gasteiger partial charge in [0.25, 0.3) is 5.79 Å². The van der Waals surface area contributed by atoms with Gasteiger partial charge in [-0.05, 0) is 75.5 Å². The number of para-hydroxylation sites is 1. The average Bonchev–Trinajstić information content (AvgIpc) is 3.41.